The standard InChI is InChI=1S/C14H18BrNO/c1-5-10-12(7-16-4)17-11-6-8(2)14(15)9(3)13(10)11/h6,16H,5,7H2,1-4H3. The van der Waals surface area contributed by atoms with Crippen LogP contribution in [0.15, 0.2) is 15.0 Å². The Kier molecular flexibility index (Phi) is 3.59. The third-order valence-electron chi connectivity index (χ3n) is 3.21. The van der Waals surface area contributed by atoms with E-state index in [9.17, 15) is 0 Å². The van der Waals surface area contributed by atoms with E-state index in [-0.39, 0.29) is 0 Å². The zero-order valence-corrected chi connectivity index (χ0v) is 12.4. The minimum Gasteiger partial charge on any atom is -0.459 e. The molecule has 2 nitrogen and oxygen atoms in total. The summed E-state index contributed by atoms with van der Waals surface area (Å²) in [6, 6.07) is 2.12. The lowest BCUT2D eigenvalue weighted by atomic mass is 10.0. The van der Waals surface area contributed by atoms with Crippen molar-refractivity contribution in [1.82, 2.24) is 5.32 Å². The molecule has 0 aliphatic carbocycles. The summed E-state index contributed by atoms with van der Waals surface area (Å²) in [7, 11) is 1.95. The van der Waals surface area contributed by atoms with E-state index >= 15 is 0 Å². The van der Waals surface area contributed by atoms with Crippen LogP contribution in [-0.2, 0) is 13.0 Å². The van der Waals surface area contributed by atoms with Crippen molar-refractivity contribution in [2.24, 2.45) is 0 Å². The van der Waals surface area contributed by atoms with E-state index in [4.69, 9.17) is 4.42 Å². The number of nitrogens with one attached hydrogen (secondary N) is 1. The van der Waals surface area contributed by atoms with Gasteiger partial charge in [-0.15, -0.1) is 0 Å². The quantitative estimate of drug-likeness (QED) is 0.922. The van der Waals surface area contributed by atoms with E-state index in [1.807, 2.05) is 7.05 Å². The molecule has 0 radical (unpaired) electrons. The molecule has 0 saturated heterocycles. The summed E-state index contributed by atoms with van der Waals surface area (Å²) in [6.45, 7) is 7.21. The molecule has 0 unspecified atom stereocenters. The first-order chi connectivity index (χ1) is 8.10. The molecule has 2 aromatic rings. The summed E-state index contributed by atoms with van der Waals surface area (Å²) >= 11 is 3.65. The highest BCUT2D eigenvalue weighted by atomic mass is 79.9. The molecule has 2 rings (SSSR count). The van der Waals surface area contributed by atoms with Crippen molar-refractivity contribution in [2.75, 3.05) is 7.05 Å². The maximum absolute atomic E-state index is 5.96. The van der Waals surface area contributed by atoms with Crippen molar-refractivity contribution in [1.29, 1.82) is 0 Å². The van der Waals surface area contributed by atoms with Crippen molar-refractivity contribution in [3.8, 4) is 0 Å². The number of furan rings is 1. The number of halogens is 1. The van der Waals surface area contributed by atoms with E-state index in [0.717, 1.165) is 24.3 Å². The van der Waals surface area contributed by atoms with E-state index in [1.165, 1.54) is 26.5 Å². The van der Waals surface area contributed by atoms with Gasteiger partial charge in [0.05, 0.1) is 6.54 Å². The molecule has 0 atom stereocenters. The summed E-state index contributed by atoms with van der Waals surface area (Å²) in [4.78, 5) is 0. The van der Waals surface area contributed by atoms with Gasteiger partial charge in [0.1, 0.15) is 11.3 Å². The molecule has 0 bridgehead atoms. The Morgan fingerprint density at radius 2 is 2.06 bits per heavy atom. The van der Waals surface area contributed by atoms with Crippen LogP contribution in [0.25, 0.3) is 11.0 Å². The molecular weight excluding hydrogens is 278 g/mol. The lowest BCUT2D eigenvalue weighted by Crippen LogP contribution is -2.05. The zero-order valence-electron chi connectivity index (χ0n) is 10.8. The molecule has 1 N–H and O–H groups in total. The second kappa shape index (κ2) is 4.83. The number of rotatable bonds is 3. The third kappa shape index (κ3) is 2.02. The zero-order chi connectivity index (χ0) is 12.6. The van der Waals surface area contributed by atoms with E-state index < -0.39 is 0 Å². The van der Waals surface area contributed by atoms with Crippen LogP contribution < -0.4 is 5.32 Å². The lowest BCUT2D eigenvalue weighted by molar-refractivity contribution is 0.524. The molecule has 92 valence electrons. The molecule has 1 heterocycles. The summed E-state index contributed by atoms with van der Waals surface area (Å²) in [5, 5.41) is 4.44. The monoisotopic (exact) mass is 295 g/mol. The molecule has 3 heteroatoms. The summed E-state index contributed by atoms with van der Waals surface area (Å²) in [5.74, 6) is 1.06. The molecule has 0 amide bonds. The van der Waals surface area contributed by atoms with Crippen LogP contribution in [0.4, 0.5) is 0 Å². The van der Waals surface area contributed by atoms with Crippen molar-refractivity contribution < 1.29 is 4.42 Å². The highest BCUT2D eigenvalue weighted by Crippen LogP contribution is 2.35. The first-order valence-corrected chi connectivity index (χ1v) is 6.74. The van der Waals surface area contributed by atoms with Crippen LogP contribution in [0.2, 0.25) is 0 Å². The van der Waals surface area contributed by atoms with Crippen LogP contribution in [0.1, 0.15) is 29.4 Å². The molecule has 0 fully saturated rings. The predicted octanol–water partition coefficient (Wildman–Crippen LogP) is 4.09. The van der Waals surface area contributed by atoms with Gasteiger partial charge in [0.2, 0.25) is 0 Å². The minimum atomic E-state index is 0.786. The molecule has 0 saturated carbocycles. The fourth-order valence-corrected chi connectivity index (χ4v) is 2.70. The Hall–Kier alpha value is -0.800. The number of hydrogen-bond donors (Lipinski definition) is 1. The molecule has 0 aliphatic rings. The van der Waals surface area contributed by atoms with Crippen LogP contribution in [0, 0.1) is 13.8 Å². The molecular formula is C14H18BrNO. The molecule has 17 heavy (non-hydrogen) atoms. The third-order valence-corrected chi connectivity index (χ3v) is 4.43. The van der Waals surface area contributed by atoms with Gasteiger partial charge >= 0.3 is 0 Å². The molecule has 1 aromatic heterocycles. The smallest absolute Gasteiger partial charge is 0.135 e. The number of benzene rings is 1. The van der Waals surface area contributed by atoms with Gasteiger partial charge in [-0.25, -0.2) is 0 Å². The normalized spacial score (nSPS) is 11.4. The van der Waals surface area contributed by atoms with Crippen LogP contribution in [0.5, 0.6) is 0 Å². The topological polar surface area (TPSA) is 25.2 Å². The van der Waals surface area contributed by atoms with Gasteiger partial charge in [-0.05, 0) is 44.5 Å². The molecule has 0 aliphatic heterocycles. The Morgan fingerprint density at radius 3 is 2.65 bits per heavy atom. The lowest BCUT2D eigenvalue weighted by Gasteiger charge is -2.05. The number of aryl methyl sites for hydroxylation is 3. The summed E-state index contributed by atoms with van der Waals surface area (Å²) < 4.78 is 7.16. The van der Waals surface area contributed by atoms with Crippen LogP contribution >= 0.6 is 15.9 Å². The summed E-state index contributed by atoms with van der Waals surface area (Å²) in [6.07, 6.45) is 1.00. The maximum Gasteiger partial charge on any atom is 0.135 e. The van der Waals surface area contributed by atoms with Gasteiger partial charge in [-0.2, -0.15) is 0 Å². The largest absolute Gasteiger partial charge is 0.459 e. The van der Waals surface area contributed by atoms with E-state index in [0.29, 0.717) is 0 Å². The highest BCUT2D eigenvalue weighted by Gasteiger charge is 2.16. The first-order valence-electron chi connectivity index (χ1n) is 5.94. The van der Waals surface area contributed by atoms with E-state index in [2.05, 4.69) is 48.1 Å². The van der Waals surface area contributed by atoms with Gasteiger partial charge in [0.25, 0.3) is 0 Å². The minimum absolute atomic E-state index is 0.786. The first kappa shape index (κ1) is 12.7. The van der Waals surface area contributed by atoms with Gasteiger partial charge in [0.15, 0.2) is 0 Å². The average molecular weight is 296 g/mol. The fraction of sp³-hybridized carbons (Fsp3) is 0.429. The van der Waals surface area contributed by atoms with Gasteiger partial charge in [0, 0.05) is 15.4 Å². The Morgan fingerprint density at radius 1 is 1.35 bits per heavy atom. The molecule has 1 aromatic carbocycles. The Labute approximate surface area is 111 Å². The van der Waals surface area contributed by atoms with Gasteiger partial charge in [-0.3, -0.25) is 0 Å². The molecule has 0 spiro atoms. The second-order valence-electron chi connectivity index (χ2n) is 4.39. The van der Waals surface area contributed by atoms with Crippen molar-refractivity contribution in [2.45, 2.75) is 33.7 Å². The van der Waals surface area contributed by atoms with Gasteiger partial charge in [-0.1, -0.05) is 22.9 Å². The average Bonchev–Trinajstić information content (AvgIpc) is 2.64. The second-order valence-corrected chi connectivity index (χ2v) is 5.19. The van der Waals surface area contributed by atoms with Crippen LogP contribution in [-0.4, -0.2) is 7.05 Å². The fourth-order valence-electron chi connectivity index (χ4n) is 2.39. The predicted molar refractivity (Wildman–Crippen MR) is 75.5 cm³/mol. The Bertz CT molecular complexity index is 557. The number of fused-ring (bicyclic) bond motifs is 1. The van der Waals surface area contributed by atoms with Crippen LogP contribution in [0.3, 0.4) is 0 Å². The SMILES string of the molecule is CCc1c(CNC)oc2cc(C)c(Br)c(C)c12. The van der Waals surface area contributed by atoms with Crippen molar-refractivity contribution in [3.63, 3.8) is 0 Å². The number of hydrogen-bond acceptors (Lipinski definition) is 2. The van der Waals surface area contributed by atoms with Crippen molar-refractivity contribution >= 4 is 26.9 Å². The maximum atomic E-state index is 5.96. The Balaban J connectivity index is 2.78. The van der Waals surface area contributed by atoms with Crippen molar-refractivity contribution in [3.05, 3.63) is 33.0 Å². The van der Waals surface area contributed by atoms with E-state index in [1.54, 1.807) is 0 Å². The van der Waals surface area contributed by atoms with Gasteiger partial charge < -0.3 is 9.73 Å². The highest BCUT2D eigenvalue weighted by molar-refractivity contribution is 9.10. The summed E-state index contributed by atoms with van der Waals surface area (Å²) in [5.41, 5.74) is 4.84.